The summed E-state index contributed by atoms with van der Waals surface area (Å²) >= 11 is -0.139. The number of rotatable bonds is 14. The zero-order valence-corrected chi connectivity index (χ0v) is 46.5. The smallest absolute Gasteiger partial charge is 0.416 e. The summed E-state index contributed by atoms with van der Waals surface area (Å²) in [6, 6.07) is 6.59. The standard InChI is InChI=1S/C20H29F3N2O4S.C15H21F3N2O2S.C5H11N.C5H8O2.3CH3.Al.ClH/c1-4-29-19(26)10-13-24-11-8-17(9-12-24)25(15(2)3)30(27,28)18-7-5-6-16(14-18)20(21,22)23;1-11(2)20(13-6-8-19-9-7-13)23(21,22)14-5-3-4-12(10-14)15(16,17)18;1-2-4-6-5-3-1;1-3-5(6)7-4-2;;;;;/h5-7,14-15,17H,4,8-13H2,1-3H3;3-5,10-11,13,19H,6-9H2,1-2H3;6H,1-5H2;3H,1,4H2,2H3;3*1H3;;1H. The maximum Gasteiger partial charge on any atom is 0.416 e. The lowest BCUT2D eigenvalue weighted by atomic mass is 10.0. The van der Waals surface area contributed by atoms with Gasteiger partial charge in [0.05, 0.1) is 40.6 Å². The molecule has 408 valence electrons. The van der Waals surface area contributed by atoms with E-state index in [1.807, 2.05) is 0 Å². The summed E-state index contributed by atoms with van der Waals surface area (Å²) in [4.78, 5) is 23.0. The van der Waals surface area contributed by atoms with Gasteiger partial charge in [-0.1, -0.05) is 25.1 Å². The molecule has 0 saturated carbocycles. The van der Waals surface area contributed by atoms with Crippen molar-refractivity contribution in [1.29, 1.82) is 0 Å². The molecule has 0 aliphatic carbocycles. The van der Waals surface area contributed by atoms with Gasteiger partial charge in [-0.2, -0.15) is 35.0 Å². The SMILES string of the molecule is C1CCNCC1.C=CC(=O)OCC.CC(C)N(C1CCNCC1)S(=O)(=O)c1cccc(C(F)(F)F)c1.CCOC(=O)CCN1CCC(N(C(C)C)S(=O)(=O)c2cccc(C(F)(F)F)c2)CC1.Cl.[CH3][Al]([CH3])[CH3]. The molecule has 71 heavy (non-hydrogen) atoms. The monoisotopic (exact) mass is 1090 g/mol. The van der Waals surface area contributed by atoms with E-state index in [0.29, 0.717) is 83.8 Å². The van der Waals surface area contributed by atoms with E-state index in [-0.39, 0.29) is 72.8 Å². The van der Waals surface area contributed by atoms with Crippen molar-refractivity contribution in [2.75, 3.05) is 59.0 Å². The first-order valence-corrected chi connectivity index (χ1v) is 30.5. The van der Waals surface area contributed by atoms with Crippen molar-refractivity contribution in [3.63, 3.8) is 0 Å². The number of carbonyl (C=O) groups is 2. The summed E-state index contributed by atoms with van der Waals surface area (Å²) in [6.07, 6.45) is -1.17. The Bertz CT molecular complexity index is 2050. The van der Waals surface area contributed by atoms with Crippen LogP contribution in [0, 0.1) is 0 Å². The van der Waals surface area contributed by atoms with Crippen LogP contribution in [0.5, 0.6) is 0 Å². The predicted octanol–water partition coefficient (Wildman–Crippen LogP) is 9.67. The molecule has 0 aromatic heterocycles. The van der Waals surface area contributed by atoms with E-state index < -0.39 is 49.6 Å². The Morgan fingerprint density at radius 2 is 1.11 bits per heavy atom. The Kier molecular flexibility index (Phi) is 32.6. The maximum absolute atomic E-state index is 13.2. The van der Waals surface area contributed by atoms with Gasteiger partial charge in [0.25, 0.3) is 14.1 Å². The molecule has 2 N–H and O–H groups in total. The minimum absolute atomic E-state index is 0. The summed E-state index contributed by atoms with van der Waals surface area (Å²) in [5.74, 6) is 6.29. The zero-order chi connectivity index (χ0) is 53.3. The van der Waals surface area contributed by atoms with Gasteiger partial charge in [-0.25, -0.2) is 21.6 Å². The van der Waals surface area contributed by atoms with Crippen molar-refractivity contribution in [2.45, 2.75) is 157 Å². The third-order valence-electron chi connectivity index (χ3n) is 10.7. The summed E-state index contributed by atoms with van der Waals surface area (Å²) in [5, 5.41) is 6.44. The molecule has 3 heterocycles. The fraction of sp³-hybridized carbons (Fsp3) is 0.667. The number of carbonyl (C=O) groups excluding carboxylic acids is 2. The fourth-order valence-corrected chi connectivity index (χ4v) is 11.5. The van der Waals surface area contributed by atoms with Crippen LogP contribution in [0.1, 0.15) is 104 Å². The van der Waals surface area contributed by atoms with Crippen molar-refractivity contribution < 1.29 is 62.2 Å². The number of hydrogen-bond donors (Lipinski definition) is 2. The van der Waals surface area contributed by atoms with Crippen molar-refractivity contribution in [1.82, 2.24) is 24.1 Å². The first-order chi connectivity index (χ1) is 32.6. The summed E-state index contributed by atoms with van der Waals surface area (Å²) in [6.45, 7) is 20.0. The van der Waals surface area contributed by atoms with E-state index in [1.165, 1.54) is 53.1 Å². The lowest BCUT2D eigenvalue weighted by Gasteiger charge is -2.39. The normalized spacial score (nSPS) is 16.1. The Balaban J connectivity index is 0.00000104. The maximum atomic E-state index is 13.2. The predicted molar refractivity (Wildman–Crippen MR) is 272 cm³/mol. The number of alkyl halides is 6. The lowest BCUT2D eigenvalue weighted by Crippen LogP contribution is -2.50. The van der Waals surface area contributed by atoms with Gasteiger partial charge in [0.1, 0.15) is 0 Å². The molecule has 2 aromatic carbocycles. The molecular formula is C48H79AlClF6N5O8S2. The van der Waals surface area contributed by atoms with Crippen LogP contribution in [0.2, 0.25) is 17.4 Å². The Labute approximate surface area is 430 Å². The lowest BCUT2D eigenvalue weighted by molar-refractivity contribution is -0.143. The van der Waals surface area contributed by atoms with Crippen molar-refractivity contribution in [3.8, 4) is 0 Å². The number of likely N-dealkylation sites (tertiary alicyclic amines) is 1. The number of esters is 2. The van der Waals surface area contributed by atoms with Crippen LogP contribution in [0.3, 0.4) is 0 Å². The van der Waals surface area contributed by atoms with Crippen LogP contribution < -0.4 is 10.6 Å². The van der Waals surface area contributed by atoms with E-state index >= 15 is 0 Å². The van der Waals surface area contributed by atoms with E-state index in [2.05, 4.69) is 44.2 Å². The molecule has 3 aliphatic rings. The largest absolute Gasteiger partial charge is 0.466 e. The number of halogens is 7. The number of nitrogens with zero attached hydrogens (tertiary/aromatic N) is 3. The van der Waals surface area contributed by atoms with Crippen LogP contribution in [-0.4, -0.2) is 140 Å². The topological polar surface area (TPSA) is 155 Å². The molecule has 3 aliphatic heterocycles. The number of hydrogen-bond acceptors (Lipinski definition) is 11. The molecular weight excluding hydrogens is 1020 g/mol. The average Bonchev–Trinajstić information content (AvgIpc) is 3.29. The van der Waals surface area contributed by atoms with E-state index in [0.717, 1.165) is 30.3 Å². The van der Waals surface area contributed by atoms with Crippen LogP contribution in [0.4, 0.5) is 26.3 Å². The number of nitrogens with one attached hydrogen (secondary N) is 2. The Hall–Kier alpha value is -2.78. The van der Waals surface area contributed by atoms with Crippen LogP contribution in [0.25, 0.3) is 0 Å². The second-order valence-corrected chi connectivity index (χ2v) is 25.2. The Morgan fingerprint density at radius 3 is 1.42 bits per heavy atom. The third kappa shape index (κ3) is 25.3. The number of ether oxygens (including phenoxy) is 2. The molecule has 2 aromatic rings. The van der Waals surface area contributed by atoms with Crippen molar-refractivity contribution in [3.05, 3.63) is 72.3 Å². The van der Waals surface area contributed by atoms with E-state index in [9.17, 15) is 52.8 Å². The third-order valence-corrected chi connectivity index (χ3v) is 14.9. The molecule has 0 atom stereocenters. The van der Waals surface area contributed by atoms with Gasteiger partial charge in [0.2, 0.25) is 20.0 Å². The van der Waals surface area contributed by atoms with Gasteiger partial charge in [-0.05, 0) is 156 Å². The van der Waals surface area contributed by atoms with Gasteiger partial charge in [-0.3, -0.25) is 4.79 Å². The second kappa shape index (κ2) is 33.9. The molecule has 13 nitrogen and oxygen atoms in total. The molecule has 0 bridgehead atoms. The molecule has 23 heteroatoms. The fourth-order valence-electron chi connectivity index (χ4n) is 7.64. The second-order valence-electron chi connectivity index (χ2n) is 18.0. The van der Waals surface area contributed by atoms with E-state index in [1.54, 1.807) is 41.5 Å². The molecule has 5 rings (SSSR count). The zero-order valence-electron chi connectivity index (χ0n) is 42.9. The highest BCUT2D eigenvalue weighted by Crippen LogP contribution is 2.34. The van der Waals surface area contributed by atoms with Gasteiger partial charge in [0, 0.05) is 36.8 Å². The van der Waals surface area contributed by atoms with Gasteiger partial charge in [-0.15, -0.1) is 29.8 Å². The Morgan fingerprint density at radius 1 is 0.718 bits per heavy atom. The highest BCUT2D eigenvalue weighted by Gasteiger charge is 2.39. The quantitative estimate of drug-likeness (QED) is 0.0805. The number of piperidine rings is 3. The molecule has 3 fully saturated rings. The molecule has 3 saturated heterocycles. The van der Waals surface area contributed by atoms with Gasteiger partial charge in [0.15, 0.2) is 0 Å². The minimum atomic E-state index is -4.61. The number of sulfonamides is 2. The van der Waals surface area contributed by atoms with Gasteiger partial charge >= 0.3 is 24.3 Å². The summed E-state index contributed by atoms with van der Waals surface area (Å²) in [5.41, 5.74) is -1.94. The average molecular weight is 1090 g/mol. The minimum Gasteiger partial charge on any atom is -0.466 e. The molecule has 0 amide bonds. The van der Waals surface area contributed by atoms with Crippen LogP contribution in [-0.2, 0) is 51.5 Å². The number of benzene rings is 2. The van der Waals surface area contributed by atoms with Gasteiger partial charge < -0.3 is 25.0 Å². The first kappa shape index (κ1) is 68.2. The van der Waals surface area contributed by atoms with Crippen molar-refractivity contribution in [2.24, 2.45) is 0 Å². The molecule has 0 unspecified atom stereocenters. The first-order valence-electron chi connectivity index (χ1n) is 24.1. The molecule has 0 radical (unpaired) electrons. The highest BCUT2D eigenvalue weighted by atomic mass is 35.5. The van der Waals surface area contributed by atoms with Crippen molar-refractivity contribution >= 4 is 58.5 Å². The van der Waals surface area contributed by atoms with E-state index in [4.69, 9.17) is 4.74 Å². The van der Waals surface area contributed by atoms with Crippen LogP contribution >= 0.6 is 12.4 Å². The molecule has 0 spiro atoms. The van der Waals surface area contributed by atoms with Crippen LogP contribution in [0.15, 0.2) is 71.0 Å². The highest BCUT2D eigenvalue weighted by molar-refractivity contribution is 7.89. The summed E-state index contributed by atoms with van der Waals surface area (Å²) < 4.78 is 142. The summed E-state index contributed by atoms with van der Waals surface area (Å²) in [7, 11) is -8.07.